The molecule has 0 spiro atoms. The van der Waals surface area contributed by atoms with Gasteiger partial charge in [-0.05, 0) is 67.7 Å². The number of hydrogen-bond donors (Lipinski definition) is 5. The van der Waals surface area contributed by atoms with Gasteiger partial charge in [-0.25, -0.2) is 0 Å². The molecule has 0 saturated carbocycles. The summed E-state index contributed by atoms with van der Waals surface area (Å²) in [6.07, 6.45) is 1.03. The van der Waals surface area contributed by atoms with Crippen molar-refractivity contribution in [3.05, 3.63) is 102 Å². The number of hydrogen-bond acceptors (Lipinski definition) is 11. The monoisotopic (exact) mass is 877 g/mol. The van der Waals surface area contributed by atoms with Gasteiger partial charge in [0.2, 0.25) is 23.6 Å². The lowest BCUT2D eigenvalue weighted by atomic mass is 9.90. The van der Waals surface area contributed by atoms with Crippen LogP contribution >= 0.6 is 0 Å². The van der Waals surface area contributed by atoms with E-state index in [0.717, 1.165) is 12.5 Å². The Labute approximate surface area is 365 Å². The highest BCUT2D eigenvalue weighted by molar-refractivity contribution is 7.86. The first-order chi connectivity index (χ1) is 29.4. The van der Waals surface area contributed by atoms with Crippen molar-refractivity contribution in [3.8, 4) is 0 Å². The van der Waals surface area contributed by atoms with Crippen LogP contribution in [0.4, 0.5) is 0 Å². The zero-order chi connectivity index (χ0) is 45.3. The van der Waals surface area contributed by atoms with Crippen molar-refractivity contribution in [1.29, 1.82) is 0 Å². The van der Waals surface area contributed by atoms with Gasteiger partial charge in [0.05, 0.1) is 30.7 Å². The topological polar surface area (TPSA) is 210 Å². The van der Waals surface area contributed by atoms with Gasteiger partial charge in [0.15, 0.2) is 5.78 Å². The molecule has 1 aliphatic heterocycles. The van der Waals surface area contributed by atoms with Crippen LogP contribution in [0.1, 0.15) is 65.0 Å². The first-order valence-corrected chi connectivity index (χ1v) is 22.6. The zero-order valence-electron chi connectivity index (χ0n) is 36.4. The molecule has 3 aromatic carbocycles. The Bertz CT molecular complexity index is 2010. The normalized spacial score (nSPS) is 16.3. The molecule has 0 radical (unpaired) electrons. The highest BCUT2D eigenvalue weighted by atomic mass is 32.2. The number of nitrogens with one attached hydrogen (secondary N) is 4. The fourth-order valence-electron chi connectivity index (χ4n) is 7.00. The summed E-state index contributed by atoms with van der Waals surface area (Å²) in [7, 11) is -4.32. The molecule has 5 N–H and O–H groups in total. The fraction of sp³-hybridized carbons (Fsp3) is 0.500. The summed E-state index contributed by atoms with van der Waals surface area (Å²) >= 11 is 0. The molecule has 1 saturated heterocycles. The summed E-state index contributed by atoms with van der Waals surface area (Å²) in [6, 6.07) is 21.1. The highest BCUT2D eigenvalue weighted by Gasteiger charge is 2.40. The van der Waals surface area contributed by atoms with Crippen LogP contribution in [-0.4, -0.2) is 117 Å². The van der Waals surface area contributed by atoms with Crippen molar-refractivity contribution >= 4 is 39.5 Å². The van der Waals surface area contributed by atoms with Gasteiger partial charge in [0.1, 0.15) is 30.3 Å². The summed E-state index contributed by atoms with van der Waals surface area (Å²) in [4.78, 5) is 71.6. The second kappa shape index (κ2) is 24.0. The number of rotatable bonds is 24. The van der Waals surface area contributed by atoms with E-state index in [4.69, 9.17) is 8.92 Å². The van der Waals surface area contributed by atoms with Crippen LogP contribution in [0.3, 0.4) is 0 Å². The van der Waals surface area contributed by atoms with E-state index >= 15 is 0 Å². The third kappa shape index (κ3) is 16.4. The van der Waals surface area contributed by atoms with Gasteiger partial charge in [-0.15, -0.1) is 0 Å². The number of Topliss-reactive ketones (excluding diaryl/α,β-unsaturated/α-hetero) is 1. The molecule has 16 heteroatoms. The molecule has 1 heterocycles. The molecule has 338 valence electrons. The van der Waals surface area contributed by atoms with Gasteiger partial charge in [-0.3, -0.25) is 33.1 Å². The lowest BCUT2D eigenvalue weighted by Crippen LogP contribution is -2.60. The molecular formula is C46H63N5O10S. The largest absolute Gasteiger partial charge is 0.380 e. The van der Waals surface area contributed by atoms with E-state index < -0.39 is 70.0 Å². The molecule has 0 unspecified atom stereocenters. The van der Waals surface area contributed by atoms with Gasteiger partial charge in [0.25, 0.3) is 10.1 Å². The first kappa shape index (κ1) is 49.7. The first-order valence-electron chi connectivity index (χ1n) is 21.2. The standard InChI is InChI=1S/C46H63N5O10S/c1-32(2)27-38(42(53)46(5,57)31-61-62(58,59)36-19-13-8-14-20-36)48-45(56)40(29-35-17-11-7-12-18-35)50-44(55)39(28-33(3)4)49-43(54)37(22-21-34-15-9-6-10-16-34)47-41(52)30-51-23-25-60-26-24-51/h6-20,32-33,37-40,57H,21-31H2,1-5H3,(H,47,52)(H,48,56)(H,49,54)(H,50,55)/t37-,38-,39-,40-,46+/m0/s1. The fourth-order valence-corrected chi connectivity index (χ4v) is 8.01. The van der Waals surface area contributed by atoms with E-state index in [0.29, 0.717) is 38.3 Å². The van der Waals surface area contributed by atoms with Crippen molar-refractivity contribution in [3.63, 3.8) is 0 Å². The van der Waals surface area contributed by atoms with Crippen LogP contribution in [0, 0.1) is 11.8 Å². The highest BCUT2D eigenvalue weighted by Crippen LogP contribution is 2.19. The van der Waals surface area contributed by atoms with E-state index in [2.05, 4.69) is 21.3 Å². The average molecular weight is 878 g/mol. The van der Waals surface area contributed by atoms with Crippen LogP contribution < -0.4 is 21.3 Å². The maximum Gasteiger partial charge on any atom is 0.297 e. The van der Waals surface area contributed by atoms with E-state index in [-0.39, 0.29) is 54.9 Å². The van der Waals surface area contributed by atoms with Gasteiger partial charge >= 0.3 is 0 Å². The Balaban J connectivity index is 1.54. The number of amides is 4. The summed E-state index contributed by atoms with van der Waals surface area (Å²) < 4.78 is 36.2. The number of morpholine rings is 1. The summed E-state index contributed by atoms with van der Waals surface area (Å²) in [5, 5.41) is 22.6. The Kier molecular flexibility index (Phi) is 19.2. The maximum atomic E-state index is 14.3. The van der Waals surface area contributed by atoms with Gasteiger partial charge in [0, 0.05) is 19.5 Å². The van der Waals surface area contributed by atoms with Crippen molar-refractivity contribution in [2.75, 3.05) is 39.5 Å². The Morgan fingerprint density at radius 1 is 0.694 bits per heavy atom. The molecule has 0 aliphatic carbocycles. The summed E-state index contributed by atoms with van der Waals surface area (Å²) in [5.41, 5.74) is -0.673. The minimum atomic E-state index is -4.32. The molecule has 3 aromatic rings. The Hall–Kier alpha value is -5.00. The maximum absolute atomic E-state index is 14.3. The quantitative estimate of drug-likeness (QED) is 0.0827. The molecule has 0 bridgehead atoms. The van der Waals surface area contributed by atoms with Crippen LogP contribution in [0.2, 0.25) is 0 Å². The van der Waals surface area contributed by atoms with Gasteiger partial charge in [-0.2, -0.15) is 8.42 Å². The molecule has 62 heavy (non-hydrogen) atoms. The molecule has 1 aliphatic rings. The number of aliphatic hydroxyl groups is 1. The Morgan fingerprint density at radius 2 is 1.18 bits per heavy atom. The van der Waals surface area contributed by atoms with Gasteiger partial charge in [-0.1, -0.05) is 107 Å². The molecule has 15 nitrogen and oxygen atoms in total. The Morgan fingerprint density at radius 3 is 1.76 bits per heavy atom. The molecule has 4 rings (SSSR count). The third-order valence-corrected chi connectivity index (χ3v) is 11.6. The number of carbonyl (C=O) groups excluding carboxylic acids is 5. The van der Waals surface area contributed by atoms with E-state index in [1.807, 2.05) is 62.9 Å². The number of ketones is 1. The van der Waals surface area contributed by atoms with E-state index in [9.17, 15) is 37.5 Å². The van der Waals surface area contributed by atoms with Crippen LogP contribution in [0.5, 0.6) is 0 Å². The van der Waals surface area contributed by atoms with E-state index in [1.165, 1.54) is 24.3 Å². The van der Waals surface area contributed by atoms with Crippen molar-refractivity contribution < 1.29 is 46.4 Å². The number of nitrogens with zero attached hydrogens (tertiary/aromatic N) is 1. The number of carbonyl (C=O) groups is 5. The number of benzene rings is 3. The average Bonchev–Trinajstić information content (AvgIpc) is 3.24. The van der Waals surface area contributed by atoms with Crippen molar-refractivity contribution in [1.82, 2.24) is 26.2 Å². The molecule has 5 atom stereocenters. The molecule has 1 fully saturated rings. The SMILES string of the molecule is CC(C)C[C@H](NC(=O)[C@H](CCc1ccccc1)NC(=O)CN1CCOCC1)C(=O)N[C@@H](Cc1ccccc1)C(=O)N[C@@H](CC(C)C)C(=O)[C@](C)(O)COS(=O)(=O)c1ccccc1. The third-order valence-electron chi connectivity index (χ3n) is 10.3. The smallest absolute Gasteiger partial charge is 0.297 e. The predicted molar refractivity (Wildman–Crippen MR) is 234 cm³/mol. The summed E-state index contributed by atoms with van der Waals surface area (Å²) in [6.45, 7) is 9.89. The number of ether oxygens (including phenoxy) is 1. The minimum Gasteiger partial charge on any atom is -0.380 e. The second-order valence-corrected chi connectivity index (χ2v) is 18.4. The number of aryl methyl sites for hydroxylation is 1. The van der Waals surface area contributed by atoms with Crippen LogP contribution in [-0.2, 0) is 55.9 Å². The van der Waals surface area contributed by atoms with Gasteiger partial charge < -0.3 is 31.1 Å². The van der Waals surface area contributed by atoms with Crippen LogP contribution in [0.25, 0.3) is 0 Å². The molecule has 4 amide bonds. The predicted octanol–water partition coefficient (Wildman–Crippen LogP) is 2.95. The minimum absolute atomic E-state index is 0.00939. The van der Waals surface area contributed by atoms with Crippen LogP contribution in [0.15, 0.2) is 95.9 Å². The molecule has 0 aromatic heterocycles. The van der Waals surface area contributed by atoms with E-state index in [1.54, 1.807) is 36.4 Å². The van der Waals surface area contributed by atoms with Crippen molar-refractivity contribution in [2.45, 2.75) is 101 Å². The summed E-state index contributed by atoms with van der Waals surface area (Å²) in [5.74, 6) is -3.39. The second-order valence-electron chi connectivity index (χ2n) is 16.8. The zero-order valence-corrected chi connectivity index (χ0v) is 37.2. The van der Waals surface area contributed by atoms with Crippen molar-refractivity contribution in [2.24, 2.45) is 11.8 Å². The lowest BCUT2D eigenvalue weighted by Gasteiger charge is -2.30. The molecular weight excluding hydrogens is 815 g/mol. The lowest BCUT2D eigenvalue weighted by molar-refractivity contribution is -0.143.